The van der Waals surface area contributed by atoms with Gasteiger partial charge in [0, 0.05) is 23.8 Å². The van der Waals surface area contributed by atoms with E-state index in [1.807, 2.05) is 56.9 Å². The highest BCUT2D eigenvalue weighted by Crippen LogP contribution is 2.50. The maximum absolute atomic E-state index is 13.6. The van der Waals surface area contributed by atoms with Crippen molar-refractivity contribution >= 4 is 28.9 Å². The Balaban J connectivity index is 1.86. The summed E-state index contributed by atoms with van der Waals surface area (Å²) in [4.78, 5) is 43.5. The monoisotopic (exact) mass is 396 g/mol. The summed E-state index contributed by atoms with van der Waals surface area (Å²) in [6.07, 6.45) is 2.06. The molecule has 6 nitrogen and oxygen atoms in total. The number of hydrogen-bond acceptors (Lipinski definition) is 5. The summed E-state index contributed by atoms with van der Waals surface area (Å²) >= 11 is 0. The van der Waals surface area contributed by atoms with Gasteiger partial charge in [-0.1, -0.05) is 45.0 Å². The third-order valence-electron chi connectivity index (χ3n) is 6.37. The van der Waals surface area contributed by atoms with E-state index in [-0.39, 0.29) is 30.2 Å². The van der Waals surface area contributed by atoms with Gasteiger partial charge in [-0.05, 0) is 18.6 Å². The quantitative estimate of drug-likeness (QED) is 0.732. The zero-order valence-corrected chi connectivity index (χ0v) is 17.6. The van der Waals surface area contributed by atoms with Crippen LogP contribution in [0.1, 0.15) is 33.3 Å². The van der Waals surface area contributed by atoms with E-state index in [1.165, 1.54) is 4.90 Å². The Bertz CT molecular complexity index is 914. The zero-order valence-electron chi connectivity index (χ0n) is 17.6. The van der Waals surface area contributed by atoms with E-state index in [1.54, 1.807) is 7.11 Å². The average molecular weight is 396 g/mol. The van der Waals surface area contributed by atoms with Crippen molar-refractivity contribution in [3.63, 3.8) is 0 Å². The van der Waals surface area contributed by atoms with E-state index in [0.717, 1.165) is 16.8 Å². The Hall–Kier alpha value is -2.47. The lowest BCUT2D eigenvalue weighted by Crippen LogP contribution is -2.51. The van der Waals surface area contributed by atoms with Crippen LogP contribution in [0.3, 0.4) is 0 Å². The fraction of sp³-hybridized carbons (Fsp3) is 0.522. The third kappa shape index (κ3) is 2.84. The van der Waals surface area contributed by atoms with Crippen molar-refractivity contribution in [3.8, 4) is 0 Å². The Morgan fingerprint density at radius 2 is 1.76 bits per heavy atom. The molecule has 3 heterocycles. The van der Waals surface area contributed by atoms with E-state index in [4.69, 9.17) is 4.74 Å². The molecule has 1 aromatic rings. The van der Waals surface area contributed by atoms with Crippen molar-refractivity contribution in [3.05, 3.63) is 35.9 Å². The number of likely N-dealkylation sites (tertiary alicyclic amines) is 1. The number of ketones is 1. The number of amides is 2. The van der Waals surface area contributed by atoms with Crippen LogP contribution in [0.5, 0.6) is 0 Å². The number of rotatable bonds is 4. The molecule has 2 amide bonds. The fourth-order valence-electron chi connectivity index (χ4n) is 5.01. The highest BCUT2D eigenvalue weighted by atomic mass is 16.5. The predicted molar refractivity (Wildman–Crippen MR) is 110 cm³/mol. The van der Waals surface area contributed by atoms with Crippen LogP contribution < -0.4 is 4.90 Å². The predicted octanol–water partition coefficient (Wildman–Crippen LogP) is 2.52. The number of fused-ring (bicyclic) bond motifs is 5. The molecule has 3 aliphatic rings. The smallest absolute Gasteiger partial charge is 0.235 e. The zero-order chi connectivity index (χ0) is 21.1. The van der Waals surface area contributed by atoms with Crippen LogP contribution in [-0.2, 0) is 19.1 Å². The number of imide groups is 1. The van der Waals surface area contributed by atoms with Gasteiger partial charge in [0.05, 0.1) is 31.0 Å². The Labute approximate surface area is 171 Å². The maximum Gasteiger partial charge on any atom is 0.235 e. The van der Waals surface area contributed by atoms with E-state index in [9.17, 15) is 14.4 Å². The molecule has 4 rings (SSSR count). The molecular formula is C23H28N2O4. The Morgan fingerprint density at radius 1 is 1.10 bits per heavy atom. The van der Waals surface area contributed by atoms with Crippen LogP contribution in [0.25, 0.3) is 5.57 Å². The summed E-state index contributed by atoms with van der Waals surface area (Å²) in [6.45, 7) is 8.16. The van der Waals surface area contributed by atoms with Gasteiger partial charge in [0.2, 0.25) is 11.8 Å². The van der Waals surface area contributed by atoms with Crippen molar-refractivity contribution in [2.45, 2.75) is 39.8 Å². The Kier molecular flexibility index (Phi) is 4.65. The number of ether oxygens (including phenoxy) is 1. The number of allylic oxidation sites excluding steroid dienone is 1. The number of hydrogen-bond donors (Lipinski definition) is 0. The maximum atomic E-state index is 13.6. The van der Waals surface area contributed by atoms with Crippen LogP contribution in [0.15, 0.2) is 30.3 Å². The molecule has 154 valence electrons. The number of nitrogens with zero attached hydrogens (tertiary/aromatic N) is 2. The van der Waals surface area contributed by atoms with Crippen molar-refractivity contribution in [1.82, 2.24) is 4.90 Å². The summed E-state index contributed by atoms with van der Waals surface area (Å²) in [5.74, 6) is -1.66. The van der Waals surface area contributed by atoms with Gasteiger partial charge in [-0.2, -0.15) is 0 Å². The van der Waals surface area contributed by atoms with Gasteiger partial charge in [0.1, 0.15) is 6.04 Å². The van der Waals surface area contributed by atoms with Gasteiger partial charge in [-0.15, -0.1) is 0 Å². The number of carbonyl (C=O) groups is 3. The summed E-state index contributed by atoms with van der Waals surface area (Å²) in [5, 5.41) is 0. The SMILES string of the molecule is COCCN1C(=O)[C@@H]2[C@H](C1=O)[C@@H](C(=O)C(C)(C)C)N1c3ccccc3C(C)=C[C@H]21. The molecule has 4 atom stereocenters. The first-order chi connectivity index (χ1) is 13.7. The first-order valence-corrected chi connectivity index (χ1v) is 10.1. The standard InChI is InChI=1S/C23H28N2O4/c1-13-12-16-17-18(22(28)24(21(17)27)10-11-29-5)19(20(26)23(2,3)4)25(16)15-9-7-6-8-14(13)15/h6-9,12,16-19H,10-11H2,1-5H3/t16-,17+,18+,19+/m1/s1. The molecule has 0 radical (unpaired) electrons. The largest absolute Gasteiger partial charge is 0.383 e. The molecule has 0 N–H and O–H groups in total. The van der Waals surface area contributed by atoms with Crippen LogP contribution >= 0.6 is 0 Å². The molecule has 0 unspecified atom stereocenters. The molecule has 3 aliphatic heterocycles. The number of methoxy groups -OCH3 is 1. The second kappa shape index (κ2) is 6.80. The van der Waals surface area contributed by atoms with Crippen molar-refractivity contribution in [2.75, 3.05) is 25.2 Å². The van der Waals surface area contributed by atoms with E-state index < -0.39 is 23.3 Å². The number of benzene rings is 1. The van der Waals surface area contributed by atoms with Crippen LogP contribution in [0.4, 0.5) is 5.69 Å². The molecule has 0 bridgehead atoms. The van der Waals surface area contributed by atoms with Crippen LogP contribution in [0, 0.1) is 17.3 Å². The van der Waals surface area contributed by atoms with Gasteiger partial charge in [0.15, 0.2) is 5.78 Å². The van der Waals surface area contributed by atoms with Crippen LogP contribution in [0.2, 0.25) is 0 Å². The molecular weight excluding hydrogens is 368 g/mol. The van der Waals surface area contributed by atoms with Gasteiger partial charge in [-0.3, -0.25) is 19.3 Å². The first-order valence-electron chi connectivity index (χ1n) is 10.1. The molecule has 0 aliphatic carbocycles. The molecule has 0 aromatic heterocycles. The molecule has 6 heteroatoms. The van der Waals surface area contributed by atoms with Crippen molar-refractivity contribution in [1.29, 1.82) is 0 Å². The Morgan fingerprint density at radius 3 is 2.41 bits per heavy atom. The highest BCUT2D eigenvalue weighted by molar-refractivity contribution is 6.12. The molecule has 29 heavy (non-hydrogen) atoms. The first kappa shape index (κ1) is 19.8. The molecule has 2 fully saturated rings. The van der Waals surface area contributed by atoms with Crippen LogP contribution in [-0.4, -0.2) is 54.8 Å². The minimum Gasteiger partial charge on any atom is -0.383 e. The lowest BCUT2D eigenvalue weighted by atomic mass is 9.79. The van der Waals surface area contributed by atoms with E-state index in [0.29, 0.717) is 6.61 Å². The normalized spacial score (nSPS) is 28.2. The molecule has 1 aromatic carbocycles. The van der Waals surface area contributed by atoms with Gasteiger partial charge in [-0.25, -0.2) is 0 Å². The molecule has 2 saturated heterocycles. The van der Waals surface area contributed by atoms with Crippen molar-refractivity contribution in [2.24, 2.45) is 17.3 Å². The summed E-state index contributed by atoms with van der Waals surface area (Å²) < 4.78 is 5.09. The number of Topliss-reactive ketones (excluding diaryl/α,β-unsaturated/α-hetero) is 1. The average Bonchev–Trinajstić information content (AvgIpc) is 3.13. The van der Waals surface area contributed by atoms with E-state index in [2.05, 4.69) is 6.08 Å². The molecule has 0 spiro atoms. The van der Waals surface area contributed by atoms with Gasteiger partial charge in [0.25, 0.3) is 0 Å². The second-order valence-corrected chi connectivity index (χ2v) is 9.20. The number of para-hydroxylation sites is 1. The summed E-state index contributed by atoms with van der Waals surface area (Å²) in [5.41, 5.74) is 2.42. The third-order valence-corrected chi connectivity index (χ3v) is 6.37. The minimum atomic E-state index is -0.661. The highest BCUT2D eigenvalue weighted by Gasteiger charge is 2.64. The van der Waals surface area contributed by atoms with Crippen molar-refractivity contribution < 1.29 is 19.1 Å². The minimum absolute atomic E-state index is 0.00695. The summed E-state index contributed by atoms with van der Waals surface area (Å²) in [6, 6.07) is 6.97. The number of anilines is 1. The van der Waals surface area contributed by atoms with E-state index >= 15 is 0 Å². The van der Waals surface area contributed by atoms with Gasteiger partial charge < -0.3 is 9.64 Å². The second-order valence-electron chi connectivity index (χ2n) is 9.20. The lowest BCUT2D eigenvalue weighted by molar-refractivity contribution is -0.142. The lowest BCUT2D eigenvalue weighted by Gasteiger charge is -2.39. The van der Waals surface area contributed by atoms with Gasteiger partial charge >= 0.3 is 0 Å². The molecule has 0 saturated carbocycles. The topological polar surface area (TPSA) is 66.9 Å². The fourth-order valence-corrected chi connectivity index (χ4v) is 5.01. The summed E-state index contributed by atoms with van der Waals surface area (Å²) in [7, 11) is 1.55. The number of carbonyl (C=O) groups excluding carboxylic acids is 3.